The van der Waals surface area contributed by atoms with Crippen LogP contribution in [0.4, 0.5) is 0 Å². The minimum Gasteiger partial charge on any atom is -0.508 e. The Morgan fingerprint density at radius 3 is 2.76 bits per heavy atom. The Balaban J connectivity index is 1.86. The summed E-state index contributed by atoms with van der Waals surface area (Å²) in [6.45, 7) is 1.07. The highest BCUT2D eigenvalue weighted by molar-refractivity contribution is 5.59. The van der Waals surface area contributed by atoms with Gasteiger partial charge in [0.25, 0.3) is 0 Å². The summed E-state index contributed by atoms with van der Waals surface area (Å²) in [6, 6.07) is 7.50. The number of hydrogen-bond donors (Lipinski definition) is 3. The maximum Gasteiger partial charge on any atom is 0.123 e. The average Bonchev–Trinajstić information content (AvgIpc) is 3.00. The minimum absolute atomic E-state index is 0.283. The van der Waals surface area contributed by atoms with Gasteiger partial charge < -0.3 is 15.4 Å². The van der Waals surface area contributed by atoms with E-state index in [9.17, 15) is 5.11 Å². The molecule has 1 saturated heterocycles. The molecular weight excluding hydrogens is 214 g/mol. The molecule has 0 spiro atoms. The first-order chi connectivity index (χ1) is 8.33. The minimum atomic E-state index is 0.283. The van der Waals surface area contributed by atoms with E-state index < -0.39 is 0 Å². The van der Waals surface area contributed by atoms with E-state index >= 15 is 0 Å². The molecule has 2 aromatic rings. The summed E-state index contributed by atoms with van der Waals surface area (Å²) in [5, 5.41) is 12.7. The summed E-state index contributed by atoms with van der Waals surface area (Å²) < 4.78 is 0. The number of H-pyrrole nitrogens is 1. The van der Waals surface area contributed by atoms with Crippen LogP contribution in [0.5, 0.6) is 5.75 Å². The van der Waals surface area contributed by atoms with Gasteiger partial charge >= 0.3 is 0 Å². The number of benzene rings is 1. The SMILES string of the molecule is Oc1ccc(-c2cnc([C@@H]3CCCN3)[nH]2)cc1. The lowest BCUT2D eigenvalue weighted by molar-refractivity contribution is 0.475. The number of phenols is 1. The lowest BCUT2D eigenvalue weighted by atomic mass is 10.1. The molecule has 1 aromatic heterocycles. The predicted octanol–water partition coefficient (Wildman–Crippen LogP) is 2.21. The molecule has 1 atom stereocenters. The van der Waals surface area contributed by atoms with Gasteiger partial charge in [0.05, 0.1) is 17.9 Å². The van der Waals surface area contributed by atoms with E-state index in [-0.39, 0.29) is 5.75 Å². The number of phenolic OH excluding ortho intramolecular Hbond substituents is 1. The molecule has 0 unspecified atom stereocenters. The third kappa shape index (κ3) is 2.03. The van der Waals surface area contributed by atoms with Crippen LogP contribution in [-0.2, 0) is 0 Å². The number of hydrogen-bond acceptors (Lipinski definition) is 3. The van der Waals surface area contributed by atoms with Crippen molar-refractivity contribution in [2.24, 2.45) is 0 Å². The van der Waals surface area contributed by atoms with E-state index in [1.165, 1.54) is 6.42 Å². The van der Waals surface area contributed by atoms with Gasteiger partial charge in [0, 0.05) is 0 Å². The molecule has 3 rings (SSSR count). The fourth-order valence-corrected chi connectivity index (χ4v) is 2.22. The largest absolute Gasteiger partial charge is 0.508 e. The zero-order valence-electron chi connectivity index (χ0n) is 9.48. The van der Waals surface area contributed by atoms with Crippen molar-refractivity contribution >= 4 is 0 Å². The second-order valence-electron chi connectivity index (χ2n) is 4.38. The topological polar surface area (TPSA) is 60.9 Å². The van der Waals surface area contributed by atoms with Gasteiger partial charge in [-0.3, -0.25) is 0 Å². The van der Waals surface area contributed by atoms with Crippen LogP contribution in [0.25, 0.3) is 11.3 Å². The molecule has 0 radical (unpaired) electrons. The summed E-state index contributed by atoms with van der Waals surface area (Å²) >= 11 is 0. The van der Waals surface area contributed by atoms with E-state index in [2.05, 4.69) is 15.3 Å². The molecule has 4 nitrogen and oxygen atoms in total. The molecule has 0 amide bonds. The quantitative estimate of drug-likeness (QED) is 0.740. The smallest absolute Gasteiger partial charge is 0.123 e. The molecule has 1 aliphatic heterocycles. The van der Waals surface area contributed by atoms with E-state index in [4.69, 9.17) is 0 Å². The van der Waals surface area contributed by atoms with E-state index in [0.717, 1.165) is 30.0 Å². The first-order valence-electron chi connectivity index (χ1n) is 5.90. The Bertz CT molecular complexity index is 498. The van der Waals surface area contributed by atoms with E-state index in [1.807, 2.05) is 18.3 Å². The first-order valence-corrected chi connectivity index (χ1v) is 5.90. The van der Waals surface area contributed by atoms with E-state index in [0.29, 0.717) is 6.04 Å². The van der Waals surface area contributed by atoms with Crippen LogP contribution in [0.15, 0.2) is 30.5 Å². The Morgan fingerprint density at radius 1 is 1.24 bits per heavy atom. The molecule has 1 aliphatic rings. The Kier molecular flexibility index (Phi) is 2.57. The number of nitrogens with zero attached hydrogens (tertiary/aromatic N) is 1. The second kappa shape index (κ2) is 4.22. The first kappa shape index (κ1) is 10.4. The van der Waals surface area contributed by atoms with Crippen LogP contribution in [0.1, 0.15) is 24.7 Å². The van der Waals surface area contributed by atoms with Crippen molar-refractivity contribution in [3.05, 3.63) is 36.3 Å². The third-order valence-electron chi connectivity index (χ3n) is 3.16. The average molecular weight is 229 g/mol. The number of rotatable bonds is 2. The molecule has 3 N–H and O–H groups in total. The Labute approximate surface area is 99.7 Å². The fourth-order valence-electron chi connectivity index (χ4n) is 2.22. The van der Waals surface area contributed by atoms with Crippen molar-refractivity contribution in [2.45, 2.75) is 18.9 Å². The fraction of sp³-hybridized carbons (Fsp3) is 0.308. The number of aromatic nitrogens is 2. The van der Waals surface area contributed by atoms with Crippen LogP contribution in [0, 0.1) is 0 Å². The summed E-state index contributed by atoms with van der Waals surface area (Å²) in [5.41, 5.74) is 2.04. The van der Waals surface area contributed by atoms with Gasteiger partial charge in [0.1, 0.15) is 11.6 Å². The molecule has 2 heterocycles. The van der Waals surface area contributed by atoms with Crippen molar-refractivity contribution in [1.29, 1.82) is 0 Å². The maximum absolute atomic E-state index is 9.25. The lowest BCUT2D eigenvalue weighted by Gasteiger charge is -2.05. The highest BCUT2D eigenvalue weighted by atomic mass is 16.3. The number of aromatic amines is 1. The van der Waals surface area contributed by atoms with Gasteiger partial charge in [0.2, 0.25) is 0 Å². The molecule has 0 saturated carbocycles. The van der Waals surface area contributed by atoms with Gasteiger partial charge in [-0.2, -0.15) is 0 Å². The van der Waals surface area contributed by atoms with Crippen molar-refractivity contribution in [3.63, 3.8) is 0 Å². The lowest BCUT2D eigenvalue weighted by Crippen LogP contribution is -2.14. The van der Waals surface area contributed by atoms with Crippen LogP contribution >= 0.6 is 0 Å². The Hall–Kier alpha value is -1.81. The second-order valence-corrected chi connectivity index (χ2v) is 4.38. The summed E-state index contributed by atoms with van der Waals surface area (Å²) in [5.74, 6) is 1.29. The van der Waals surface area contributed by atoms with Crippen molar-refractivity contribution in [3.8, 4) is 17.0 Å². The molecule has 1 aromatic carbocycles. The molecule has 17 heavy (non-hydrogen) atoms. The van der Waals surface area contributed by atoms with Crippen LogP contribution < -0.4 is 5.32 Å². The molecule has 4 heteroatoms. The highest BCUT2D eigenvalue weighted by Crippen LogP contribution is 2.24. The summed E-state index contributed by atoms with van der Waals surface area (Å²) in [4.78, 5) is 7.75. The zero-order valence-corrected chi connectivity index (χ0v) is 9.48. The van der Waals surface area contributed by atoms with Crippen molar-refractivity contribution in [2.75, 3.05) is 6.54 Å². The van der Waals surface area contributed by atoms with Crippen LogP contribution in [0.3, 0.4) is 0 Å². The summed E-state index contributed by atoms with van der Waals surface area (Å²) in [6.07, 6.45) is 4.20. The van der Waals surface area contributed by atoms with Crippen molar-refractivity contribution in [1.82, 2.24) is 15.3 Å². The summed E-state index contributed by atoms with van der Waals surface area (Å²) in [7, 11) is 0. The van der Waals surface area contributed by atoms with Gasteiger partial charge in [-0.25, -0.2) is 4.98 Å². The molecule has 0 bridgehead atoms. The van der Waals surface area contributed by atoms with Gasteiger partial charge in [-0.15, -0.1) is 0 Å². The van der Waals surface area contributed by atoms with Gasteiger partial charge in [-0.1, -0.05) is 0 Å². The third-order valence-corrected chi connectivity index (χ3v) is 3.16. The molecule has 88 valence electrons. The normalized spacial score (nSPS) is 19.6. The predicted molar refractivity (Wildman–Crippen MR) is 65.7 cm³/mol. The van der Waals surface area contributed by atoms with Gasteiger partial charge in [-0.05, 0) is 49.2 Å². The number of nitrogens with one attached hydrogen (secondary N) is 2. The van der Waals surface area contributed by atoms with Crippen LogP contribution in [-0.4, -0.2) is 21.6 Å². The van der Waals surface area contributed by atoms with Crippen LogP contribution in [0.2, 0.25) is 0 Å². The molecule has 0 aliphatic carbocycles. The molecule has 1 fully saturated rings. The van der Waals surface area contributed by atoms with Gasteiger partial charge in [0.15, 0.2) is 0 Å². The van der Waals surface area contributed by atoms with E-state index in [1.54, 1.807) is 12.1 Å². The number of aromatic hydroxyl groups is 1. The standard InChI is InChI=1S/C13H15N3O/c17-10-5-3-9(4-6-10)12-8-15-13(16-12)11-2-1-7-14-11/h3-6,8,11,14,17H,1-2,7H2,(H,15,16)/t11-/m0/s1. The zero-order chi connectivity index (χ0) is 11.7. The highest BCUT2D eigenvalue weighted by Gasteiger charge is 2.19. The number of imidazole rings is 1. The van der Waals surface area contributed by atoms with Crippen molar-refractivity contribution < 1.29 is 5.11 Å². The maximum atomic E-state index is 9.25. The monoisotopic (exact) mass is 229 g/mol. The Morgan fingerprint density at radius 2 is 2.06 bits per heavy atom. The molecular formula is C13H15N3O.